The van der Waals surface area contributed by atoms with E-state index in [1.165, 1.54) is 25.3 Å². The minimum Gasteiger partial charge on any atom is -0.492 e. The highest BCUT2D eigenvalue weighted by molar-refractivity contribution is 5.56. The van der Waals surface area contributed by atoms with E-state index in [1.807, 2.05) is 6.07 Å². The molecule has 1 aromatic rings. The maximum Gasteiger partial charge on any atom is 0.290 e. The first-order valence-electron chi connectivity index (χ1n) is 6.52. The van der Waals surface area contributed by atoms with Crippen LogP contribution in [0, 0.1) is 27.4 Å². The highest BCUT2D eigenvalue weighted by Gasteiger charge is 2.20. The number of hydrogen-bond donors (Lipinski definition) is 0. The first-order chi connectivity index (χ1) is 9.22. The lowest BCUT2D eigenvalue weighted by molar-refractivity contribution is -0.385. The number of nitro groups is 1. The molecule has 0 atom stereocenters. The molecule has 0 aliphatic heterocycles. The molecule has 0 heterocycles. The Balaban J connectivity index is 2.09. The van der Waals surface area contributed by atoms with Gasteiger partial charge in [0.1, 0.15) is 11.8 Å². The average molecular weight is 260 g/mol. The van der Waals surface area contributed by atoms with E-state index < -0.39 is 4.92 Å². The summed E-state index contributed by atoms with van der Waals surface area (Å²) in [5.74, 6) is 0.821. The first-order valence-corrected chi connectivity index (χ1v) is 6.52. The summed E-state index contributed by atoms with van der Waals surface area (Å²) in [7, 11) is 0. The van der Waals surface area contributed by atoms with E-state index in [4.69, 9.17) is 10.00 Å². The van der Waals surface area contributed by atoms with Crippen molar-refractivity contribution in [2.45, 2.75) is 32.1 Å². The van der Waals surface area contributed by atoms with Gasteiger partial charge >= 0.3 is 0 Å². The zero-order valence-corrected chi connectivity index (χ0v) is 10.7. The van der Waals surface area contributed by atoms with Crippen LogP contribution in [0.4, 0.5) is 5.69 Å². The zero-order chi connectivity index (χ0) is 13.7. The summed E-state index contributed by atoms with van der Waals surface area (Å²) < 4.78 is 5.63. The van der Waals surface area contributed by atoms with Crippen LogP contribution in [0.1, 0.15) is 37.7 Å². The summed E-state index contributed by atoms with van der Waals surface area (Å²) >= 11 is 0. The minimum atomic E-state index is -0.550. The highest BCUT2D eigenvalue weighted by atomic mass is 16.6. The second kappa shape index (κ2) is 6.19. The molecule has 0 amide bonds. The molecule has 5 heteroatoms. The molecular weight excluding hydrogens is 244 g/mol. The Morgan fingerprint density at radius 3 is 2.74 bits per heavy atom. The van der Waals surface area contributed by atoms with E-state index in [1.54, 1.807) is 12.1 Å². The standard InChI is InChI=1S/C14H16N2O3/c15-9-12-13(16(17)18)7-4-8-14(12)19-10-11-5-2-1-3-6-11/h4,7-8,11H,1-3,5-6,10H2. The molecule has 0 saturated heterocycles. The van der Waals surface area contributed by atoms with Gasteiger partial charge in [0.2, 0.25) is 0 Å². The molecule has 0 radical (unpaired) electrons. The third-order valence-electron chi connectivity index (χ3n) is 3.51. The molecular formula is C14H16N2O3. The van der Waals surface area contributed by atoms with Crippen LogP contribution in [0.5, 0.6) is 5.75 Å². The fourth-order valence-corrected chi connectivity index (χ4v) is 2.47. The Hall–Kier alpha value is -2.09. The topological polar surface area (TPSA) is 76.2 Å². The molecule has 1 aromatic carbocycles. The van der Waals surface area contributed by atoms with Gasteiger partial charge in [-0.1, -0.05) is 25.3 Å². The monoisotopic (exact) mass is 260 g/mol. The Bertz CT molecular complexity index is 502. The summed E-state index contributed by atoms with van der Waals surface area (Å²) in [6, 6.07) is 6.36. The largest absolute Gasteiger partial charge is 0.492 e. The molecule has 2 rings (SSSR count). The van der Waals surface area contributed by atoms with Gasteiger partial charge in [0.15, 0.2) is 5.56 Å². The molecule has 0 bridgehead atoms. The van der Waals surface area contributed by atoms with Crippen LogP contribution in [0.25, 0.3) is 0 Å². The third-order valence-corrected chi connectivity index (χ3v) is 3.51. The van der Waals surface area contributed by atoms with Crippen molar-refractivity contribution in [2.24, 2.45) is 5.92 Å². The molecule has 5 nitrogen and oxygen atoms in total. The van der Waals surface area contributed by atoms with Crippen LogP contribution < -0.4 is 4.74 Å². The summed E-state index contributed by atoms with van der Waals surface area (Å²) in [5, 5.41) is 19.9. The van der Waals surface area contributed by atoms with Crippen LogP contribution in [0.2, 0.25) is 0 Å². The number of nitro benzene ring substituents is 1. The lowest BCUT2D eigenvalue weighted by Crippen LogP contribution is -2.15. The summed E-state index contributed by atoms with van der Waals surface area (Å²) in [4.78, 5) is 10.3. The van der Waals surface area contributed by atoms with Crippen molar-refractivity contribution in [3.63, 3.8) is 0 Å². The number of hydrogen-bond acceptors (Lipinski definition) is 4. The second-order valence-electron chi connectivity index (χ2n) is 4.83. The molecule has 100 valence electrons. The second-order valence-corrected chi connectivity index (χ2v) is 4.83. The van der Waals surface area contributed by atoms with E-state index in [0.717, 1.165) is 12.8 Å². The van der Waals surface area contributed by atoms with Gasteiger partial charge in [0.05, 0.1) is 11.5 Å². The van der Waals surface area contributed by atoms with Crippen LogP contribution in [-0.2, 0) is 0 Å². The molecule has 0 spiro atoms. The lowest BCUT2D eigenvalue weighted by atomic mass is 9.90. The molecule has 0 unspecified atom stereocenters. The number of ether oxygens (including phenoxy) is 1. The van der Waals surface area contributed by atoms with Crippen molar-refractivity contribution in [3.8, 4) is 11.8 Å². The van der Waals surface area contributed by atoms with Crippen LogP contribution in [0.3, 0.4) is 0 Å². The SMILES string of the molecule is N#Cc1c(OCC2CCCCC2)cccc1[N+](=O)[O-]. The van der Waals surface area contributed by atoms with E-state index >= 15 is 0 Å². The molecule has 19 heavy (non-hydrogen) atoms. The van der Waals surface area contributed by atoms with E-state index in [0.29, 0.717) is 18.3 Å². The van der Waals surface area contributed by atoms with Gasteiger partial charge in [0.25, 0.3) is 5.69 Å². The molecule has 1 fully saturated rings. The first kappa shape index (κ1) is 13.3. The Morgan fingerprint density at radius 1 is 1.37 bits per heavy atom. The lowest BCUT2D eigenvalue weighted by Gasteiger charge is -2.21. The maximum absolute atomic E-state index is 10.8. The number of rotatable bonds is 4. The van der Waals surface area contributed by atoms with E-state index in [9.17, 15) is 10.1 Å². The van der Waals surface area contributed by atoms with E-state index in [2.05, 4.69) is 0 Å². The Morgan fingerprint density at radius 2 is 2.11 bits per heavy atom. The normalized spacial score (nSPS) is 15.7. The fraction of sp³-hybridized carbons (Fsp3) is 0.500. The Kier molecular flexibility index (Phi) is 4.35. The van der Waals surface area contributed by atoms with Crippen LogP contribution >= 0.6 is 0 Å². The summed E-state index contributed by atoms with van der Waals surface area (Å²) in [6.07, 6.45) is 5.98. The number of nitrogens with zero attached hydrogens (tertiary/aromatic N) is 2. The van der Waals surface area contributed by atoms with Crippen LogP contribution in [0.15, 0.2) is 18.2 Å². The van der Waals surface area contributed by atoms with Crippen molar-refractivity contribution >= 4 is 5.69 Å². The van der Waals surface area contributed by atoms with Crippen molar-refractivity contribution in [1.29, 1.82) is 5.26 Å². The highest BCUT2D eigenvalue weighted by Crippen LogP contribution is 2.29. The van der Waals surface area contributed by atoms with Crippen molar-refractivity contribution in [2.75, 3.05) is 6.61 Å². The van der Waals surface area contributed by atoms with Crippen molar-refractivity contribution < 1.29 is 9.66 Å². The molecule has 1 aliphatic carbocycles. The van der Waals surface area contributed by atoms with Gasteiger partial charge in [-0.05, 0) is 24.8 Å². The molecule has 1 saturated carbocycles. The average Bonchev–Trinajstić information content (AvgIpc) is 2.45. The van der Waals surface area contributed by atoms with Gasteiger partial charge in [-0.25, -0.2) is 0 Å². The van der Waals surface area contributed by atoms with Gasteiger partial charge < -0.3 is 4.74 Å². The molecule has 0 N–H and O–H groups in total. The third kappa shape index (κ3) is 3.22. The van der Waals surface area contributed by atoms with E-state index in [-0.39, 0.29) is 11.3 Å². The maximum atomic E-state index is 10.8. The summed E-state index contributed by atoms with van der Waals surface area (Å²) in [5.41, 5.74) is -0.174. The zero-order valence-electron chi connectivity index (χ0n) is 10.7. The molecule has 0 aromatic heterocycles. The number of benzene rings is 1. The fourth-order valence-electron chi connectivity index (χ4n) is 2.47. The quantitative estimate of drug-likeness (QED) is 0.614. The predicted molar refractivity (Wildman–Crippen MR) is 69.9 cm³/mol. The minimum absolute atomic E-state index is 0.0170. The van der Waals surface area contributed by atoms with Gasteiger partial charge in [-0.15, -0.1) is 0 Å². The van der Waals surface area contributed by atoms with Gasteiger partial charge in [-0.3, -0.25) is 10.1 Å². The molecule has 1 aliphatic rings. The van der Waals surface area contributed by atoms with Crippen molar-refractivity contribution in [1.82, 2.24) is 0 Å². The van der Waals surface area contributed by atoms with Crippen LogP contribution in [-0.4, -0.2) is 11.5 Å². The van der Waals surface area contributed by atoms with Gasteiger partial charge in [0, 0.05) is 6.07 Å². The number of nitriles is 1. The Labute approximate surface area is 112 Å². The summed E-state index contributed by atoms with van der Waals surface area (Å²) in [6.45, 7) is 0.538. The predicted octanol–water partition coefficient (Wildman–Crippen LogP) is 3.43. The smallest absolute Gasteiger partial charge is 0.290 e. The van der Waals surface area contributed by atoms with Gasteiger partial charge in [-0.2, -0.15) is 5.26 Å². The van der Waals surface area contributed by atoms with Crippen molar-refractivity contribution in [3.05, 3.63) is 33.9 Å².